The van der Waals surface area contributed by atoms with E-state index in [0.29, 0.717) is 0 Å². The lowest BCUT2D eigenvalue weighted by Crippen LogP contribution is -2.52. The van der Waals surface area contributed by atoms with Gasteiger partial charge in [0.15, 0.2) is 0 Å². The summed E-state index contributed by atoms with van der Waals surface area (Å²) in [5, 5.41) is 23.3. The first kappa shape index (κ1) is 12.9. The minimum absolute atomic E-state index is 0.135. The molecule has 7 nitrogen and oxygen atoms in total. The van der Waals surface area contributed by atoms with E-state index in [-0.39, 0.29) is 35.8 Å². The van der Waals surface area contributed by atoms with Gasteiger partial charge in [0.25, 0.3) is 5.91 Å². The number of piperidine rings is 1. The average molecular weight is 264 g/mol. The monoisotopic (exact) mass is 264 g/mol. The van der Waals surface area contributed by atoms with Crippen molar-refractivity contribution in [3.63, 3.8) is 0 Å². The molecule has 0 radical (unpaired) electrons. The molecule has 19 heavy (non-hydrogen) atoms. The van der Waals surface area contributed by atoms with Crippen LogP contribution in [0.2, 0.25) is 0 Å². The maximum atomic E-state index is 11.9. The second-order valence-corrected chi connectivity index (χ2v) is 4.18. The fraction of sp³-hybridized carbons (Fsp3) is 0.250. The Morgan fingerprint density at radius 3 is 2.74 bits per heavy atom. The lowest BCUT2D eigenvalue weighted by atomic mass is 10.1. The van der Waals surface area contributed by atoms with Crippen molar-refractivity contribution in [3.05, 3.63) is 23.8 Å². The van der Waals surface area contributed by atoms with E-state index in [2.05, 4.69) is 10.6 Å². The molecule has 1 fully saturated rings. The Labute approximate surface area is 108 Å². The lowest BCUT2D eigenvalue weighted by Gasteiger charge is -2.21. The quantitative estimate of drug-likeness (QED) is 0.430. The van der Waals surface area contributed by atoms with Crippen molar-refractivity contribution in [1.29, 1.82) is 0 Å². The molecular weight excluding hydrogens is 252 g/mol. The van der Waals surface area contributed by atoms with E-state index >= 15 is 0 Å². The summed E-state index contributed by atoms with van der Waals surface area (Å²) in [6.07, 6.45) is 0.346. The normalized spacial score (nSPS) is 18.8. The Balaban J connectivity index is 2.11. The summed E-state index contributed by atoms with van der Waals surface area (Å²) < 4.78 is 0. The standard InChI is InChI=1S/C12H12N2O5/c15-6-1-3-9(16)7(5-6)11(18)13-8-2-4-10(17)14-12(8)19/h1,3,5,8,15-16H,2,4H2,(H,13,18)(H,14,17,19). The van der Waals surface area contributed by atoms with Crippen LogP contribution in [-0.2, 0) is 9.59 Å². The Morgan fingerprint density at radius 1 is 1.32 bits per heavy atom. The topological polar surface area (TPSA) is 116 Å². The van der Waals surface area contributed by atoms with Crippen molar-refractivity contribution in [2.24, 2.45) is 0 Å². The van der Waals surface area contributed by atoms with Crippen molar-refractivity contribution in [2.45, 2.75) is 18.9 Å². The SMILES string of the molecule is O=C1CCC(NC(=O)c2cc(O)ccc2O)C(=O)N1. The number of phenols is 2. The molecule has 0 spiro atoms. The van der Waals surface area contributed by atoms with Crippen LogP contribution in [-0.4, -0.2) is 34.0 Å². The predicted octanol–water partition coefficient (Wildman–Crippen LogP) is -0.367. The zero-order chi connectivity index (χ0) is 14.0. The number of benzene rings is 1. The molecule has 100 valence electrons. The maximum Gasteiger partial charge on any atom is 0.255 e. The molecule has 0 saturated carbocycles. The van der Waals surface area contributed by atoms with Gasteiger partial charge in [0, 0.05) is 6.42 Å². The van der Waals surface area contributed by atoms with Crippen molar-refractivity contribution < 1.29 is 24.6 Å². The van der Waals surface area contributed by atoms with Crippen LogP contribution in [0.3, 0.4) is 0 Å². The lowest BCUT2D eigenvalue weighted by molar-refractivity contribution is -0.134. The summed E-state index contributed by atoms with van der Waals surface area (Å²) >= 11 is 0. The highest BCUT2D eigenvalue weighted by molar-refractivity contribution is 6.04. The molecule has 1 atom stereocenters. The fourth-order valence-corrected chi connectivity index (χ4v) is 1.77. The summed E-state index contributed by atoms with van der Waals surface area (Å²) in [5.74, 6) is -2.13. The minimum atomic E-state index is -0.827. The second kappa shape index (κ2) is 4.97. The second-order valence-electron chi connectivity index (χ2n) is 4.18. The van der Waals surface area contributed by atoms with Gasteiger partial charge in [-0.2, -0.15) is 0 Å². The molecule has 3 amide bonds. The van der Waals surface area contributed by atoms with Gasteiger partial charge in [0.05, 0.1) is 5.56 Å². The van der Waals surface area contributed by atoms with Gasteiger partial charge in [0.2, 0.25) is 11.8 Å². The van der Waals surface area contributed by atoms with Crippen molar-refractivity contribution in [1.82, 2.24) is 10.6 Å². The maximum absolute atomic E-state index is 11.9. The third kappa shape index (κ3) is 2.82. The van der Waals surface area contributed by atoms with E-state index in [1.165, 1.54) is 12.1 Å². The number of phenolic OH excluding ortho intramolecular Hbond substituents is 2. The molecule has 2 rings (SSSR count). The zero-order valence-electron chi connectivity index (χ0n) is 9.84. The van der Waals surface area contributed by atoms with E-state index in [1.54, 1.807) is 0 Å². The zero-order valence-corrected chi connectivity index (χ0v) is 9.84. The molecule has 0 bridgehead atoms. The van der Waals surface area contributed by atoms with Gasteiger partial charge in [-0.25, -0.2) is 0 Å². The summed E-state index contributed by atoms with van der Waals surface area (Å²) in [7, 11) is 0. The van der Waals surface area contributed by atoms with Gasteiger partial charge in [-0.15, -0.1) is 0 Å². The highest BCUT2D eigenvalue weighted by Crippen LogP contribution is 2.22. The summed E-state index contributed by atoms with van der Waals surface area (Å²) in [6.45, 7) is 0. The summed E-state index contributed by atoms with van der Waals surface area (Å²) in [6, 6.07) is 2.68. The number of rotatable bonds is 2. The Bertz CT molecular complexity index is 555. The van der Waals surface area contributed by atoms with E-state index in [0.717, 1.165) is 6.07 Å². The van der Waals surface area contributed by atoms with Gasteiger partial charge in [0.1, 0.15) is 17.5 Å². The molecule has 1 heterocycles. The Hall–Kier alpha value is -2.57. The summed E-state index contributed by atoms with van der Waals surface area (Å²) in [4.78, 5) is 34.3. The van der Waals surface area contributed by atoms with E-state index < -0.39 is 17.9 Å². The first-order chi connectivity index (χ1) is 8.97. The first-order valence-electron chi connectivity index (χ1n) is 5.64. The largest absolute Gasteiger partial charge is 0.508 e. The van der Waals surface area contributed by atoms with Crippen LogP contribution in [0.5, 0.6) is 11.5 Å². The summed E-state index contributed by atoms with van der Waals surface area (Å²) in [5.41, 5.74) is -0.135. The number of hydrogen-bond donors (Lipinski definition) is 4. The number of carbonyl (C=O) groups is 3. The van der Waals surface area contributed by atoms with Gasteiger partial charge < -0.3 is 15.5 Å². The minimum Gasteiger partial charge on any atom is -0.508 e. The van der Waals surface area contributed by atoms with Crippen molar-refractivity contribution in [3.8, 4) is 11.5 Å². The van der Waals surface area contributed by atoms with Crippen LogP contribution in [0.15, 0.2) is 18.2 Å². The molecular formula is C12H12N2O5. The number of imide groups is 1. The number of amides is 3. The molecule has 1 aliphatic rings. The molecule has 0 aromatic heterocycles. The molecule has 1 aromatic rings. The van der Waals surface area contributed by atoms with Gasteiger partial charge in [-0.05, 0) is 24.6 Å². The van der Waals surface area contributed by atoms with Crippen LogP contribution in [0.1, 0.15) is 23.2 Å². The Morgan fingerprint density at radius 2 is 2.05 bits per heavy atom. The third-order valence-corrected chi connectivity index (χ3v) is 2.77. The molecule has 1 aliphatic heterocycles. The Kier molecular flexibility index (Phi) is 3.37. The van der Waals surface area contributed by atoms with E-state index in [1.807, 2.05) is 0 Å². The highest BCUT2D eigenvalue weighted by Gasteiger charge is 2.28. The molecule has 7 heteroatoms. The number of aromatic hydroxyl groups is 2. The number of nitrogens with one attached hydrogen (secondary N) is 2. The van der Waals surface area contributed by atoms with Crippen molar-refractivity contribution >= 4 is 17.7 Å². The van der Waals surface area contributed by atoms with Crippen LogP contribution in [0, 0.1) is 0 Å². The van der Waals surface area contributed by atoms with Crippen molar-refractivity contribution in [2.75, 3.05) is 0 Å². The number of carbonyl (C=O) groups excluding carboxylic acids is 3. The van der Waals surface area contributed by atoms with E-state index in [9.17, 15) is 24.6 Å². The van der Waals surface area contributed by atoms with E-state index in [4.69, 9.17) is 0 Å². The molecule has 0 aliphatic carbocycles. The average Bonchev–Trinajstić information content (AvgIpc) is 2.35. The van der Waals surface area contributed by atoms with Gasteiger partial charge >= 0.3 is 0 Å². The third-order valence-electron chi connectivity index (χ3n) is 2.77. The van der Waals surface area contributed by atoms with Crippen LogP contribution >= 0.6 is 0 Å². The molecule has 1 aromatic carbocycles. The van der Waals surface area contributed by atoms with Crippen LogP contribution < -0.4 is 10.6 Å². The van der Waals surface area contributed by atoms with Crippen LogP contribution in [0.4, 0.5) is 0 Å². The molecule has 1 saturated heterocycles. The first-order valence-corrected chi connectivity index (χ1v) is 5.64. The smallest absolute Gasteiger partial charge is 0.255 e. The molecule has 1 unspecified atom stereocenters. The van der Waals surface area contributed by atoms with Gasteiger partial charge in [-0.1, -0.05) is 0 Å². The highest BCUT2D eigenvalue weighted by atomic mass is 16.3. The fourth-order valence-electron chi connectivity index (χ4n) is 1.77. The predicted molar refractivity (Wildman–Crippen MR) is 63.4 cm³/mol. The molecule has 4 N–H and O–H groups in total. The van der Waals surface area contributed by atoms with Gasteiger partial charge in [-0.3, -0.25) is 19.7 Å². The number of hydrogen-bond acceptors (Lipinski definition) is 5. The van der Waals surface area contributed by atoms with Crippen LogP contribution in [0.25, 0.3) is 0 Å².